The van der Waals surface area contributed by atoms with E-state index in [9.17, 15) is 4.79 Å². The second-order valence-corrected chi connectivity index (χ2v) is 5.49. The maximum atomic E-state index is 11.7. The highest BCUT2D eigenvalue weighted by molar-refractivity contribution is 5.84. The van der Waals surface area contributed by atoms with Crippen molar-refractivity contribution in [1.82, 2.24) is 5.32 Å². The van der Waals surface area contributed by atoms with Crippen LogP contribution in [0.4, 0.5) is 0 Å². The Morgan fingerprint density at radius 3 is 2.79 bits per heavy atom. The molecule has 3 N–H and O–H groups in total. The van der Waals surface area contributed by atoms with E-state index < -0.39 is 5.54 Å². The first-order valence-corrected chi connectivity index (χ1v) is 7.28. The van der Waals surface area contributed by atoms with Crippen LogP contribution in [0.3, 0.4) is 0 Å². The summed E-state index contributed by atoms with van der Waals surface area (Å²) in [6, 6.07) is 0. The van der Waals surface area contributed by atoms with Crippen LogP contribution in [0.25, 0.3) is 0 Å². The molecule has 1 aliphatic carbocycles. The number of nitrogens with two attached hydrogens (primary N) is 1. The number of nitrogens with one attached hydrogen (secondary N) is 1. The highest BCUT2D eigenvalue weighted by Gasteiger charge is 2.40. The van der Waals surface area contributed by atoms with E-state index in [0.29, 0.717) is 19.6 Å². The van der Waals surface area contributed by atoms with E-state index in [1.807, 2.05) is 20.8 Å². The van der Waals surface area contributed by atoms with Gasteiger partial charge in [0.15, 0.2) is 0 Å². The molecule has 0 aromatic rings. The lowest BCUT2D eigenvalue weighted by molar-refractivity contribution is -0.128. The summed E-state index contributed by atoms with van der Waals surface area (Å²) in [7, 11) is 0. The minimum absolute atomic E-state index is 0.0936. The summed E-state index contributed by atoms with van der Waals surface area (Å²) >= 11 is 0. The molecule has 1 rings (SSSR count). The number of rotatable bonds is 8. The van der Waals surface area contributed by atoms with E-state index in [0.717, 1.165) is 25.8 Å². The Hall–Kier alpha value is -0.650. The molecule has 19 heavy (non-hydrogen) atoms. The SMILES string of the molecule is CCNC1(C(N)=O)CCCC(OCCOC(C)C)C1. The van der Waals surface area contributed by atoms with Crippen LogP contribution in [-0.4, -0.2) is 43.4 Å². The number of hydrogen-bond acceptors (Lipinski definition) is 4. The van der Waals surface area contributed by atoms with Gasteiger partial charge in [0, 0.05) is 6.42 Å². The van der Waals surface area contributed by atoms with Crippen LogP contribution in [-0.2, 0) is 14.3 Å². The number of primary amides is 1. The van der Waals surface area contributed by atoms with Gasteiger partial charge >= 0.3 is 0 Å². The average molecular weight is 272 g/mol. The molecule has 0 aromatic carbocycles. The smallest absolute Gasteiger partial charge is 0.237 e. The zero-order valence-corrected chi connectivity index (χ0v) is 12.4. The fraction of sp³-hybridized carbons (Fsp3) is 0.929. The van der Waals surface area contributed by atoms with E-state index in [-0.39, 0.29) is 18.1 Å². The summed E-state index contributed by atoms with van der Waals surface area (Å²) in [6.07, 6.45) is 3.74. The summed E-state index contributed by atoms with van der Waals surface area (Å²) < 4.78 is 11.3. The molecule has 0 saturated heterocycles. The molecule has 1 amide bonds. The summed E-state index contributed by atoms with van der Waals surface area (Å²) in [5, 5.41) is 3.25. The molecule has 1 aliphatic rings. The molecule has 0 aromatic heterocycles. The quantitative estimate of drug-likeness (QED) is 0.651. The number of likely N-dealkylation sites (N-methyl/N-ethyl adjacent to an activating group) is 1. The monoisotopic (exact) mass is 272 g/mol. The van der Waals surface area contributed by atoms with Crippen LogP contribution in [0.5, 0.6) is 0 Å². The van der Waals surface area contributed by atoms with Crippen LogP contribution in [0.2, 0.25) is 0 Å². The van der Waals surface area contributed by atoms with Crippen molar-refractivity contribution in [3.63, 3.8) is 0 Å². The molecule has 1 saturated carbocycles. The Morgan fingerprint density at radius 2 is 2.21 bits per heavy atom. The van der Waals surface area contributed by atoms with Crippen molar-refractivity contribution in [3.8, 4) is 0 Å². The summed E-state index contributed by atoms with van der Waals surface area (Å²) in [5.41, 5.74) is 4.98. The maximum Gasteiger partial charge on any atom is 0.237 e. The van der Waals surface area contributed by atoms with Crippen molar-refractivity contribution in [2.75, 3.05) is 19.8 Å². The van der Waals surface area contributed by atoms with Gasteiger partial charge in [0.1, 0.15) is 5.54 Å². The van der Waals surface area contributed by atoms with Gasteiger partial charge in [-0.2, -0.15) is 0 Å². The Kier molecular flexibility index (Phi) is 6.75. The van der Waals surface area contributed by atoms with E-state index in [2.05, 4.69) is 5.32 Å². The minimum atomic E-state index is -0.587. The van der Waals surface area contributed by atoms with Crippen LogP contribution in [0, 0.1) is 0 Å². The predicted molar refractivity (Wildman–Crippen MR) is 74.9 cm³/mol. The van der Waals surface area contributed by atoms with E-state index in [1.165, 1.54) is 0 Å². The second-order valence-electron chi connectivity index (χ2n) is 5.49. The lowest BCUT2D eigenvalue weighted by Gasteiger charge is -2.39. The normalized spacial score (nSPS) is 27.7. The van der Waals surface area contributed by atoms with Gasteiger partial charge in [0.05, 0.1) is 25.4 Å². The van der Waals surface area contributed by atoms with Crippen LogP contribution < -0.4 is 11.1 Å². The molecular formula is C14H28N2O3. The summed E-state index contributed by atoms with van der Waals surface area (Å²) in [5.74, 6) is -0.263. The van der Waals surface area contributed by atoms with E-state index in [1.54, 1.807) is 0 Å². The van der Waals surface area contributed by atoms with Crippen molar-refractivity contribution in [2.24, 2.45) is 5.73 Å². The van der Waals surface area contributed by atoms with Crippen molar-refractivity contribution in [1.29, 1.82) is 0 Å². The van der Waals surface area contributed by atoms with Crippen LogP contribution in [0.15, 0.2) is 0 Å². The summed E-state index contributed by atoms with van der Waals surface area (Å²) in [4.78, 5) is 11.7. The first-order valence-electron chi connectivity index (χ1n) is 7.28. The third-order valence-corrected chi connectivity index (χ3v) is 3.58. The zero-order chi connectivity index (χ0) is 14.3. The van der Waals surface area contributed by atoms with Crippen molar-refractivity contribution in [3.05, 3.63) is 0 Å². The van der Waals surface area contributed by atoms with Gasteiger partial charge in [-0.1, -0.05) is 6.92 Å². The Balaban J connectivity index is 2.42. The van der Waals surface area contributed by atoms with Crippen molar-refractivity contribution in [2.45, 2.75) is 64.2 Å². The zero-order valence-electron chi connectivity index (χ0n) is 12.4. The molecule has 112 valence electrons. The molecule has 2 unspecified atom stereocenters. The minimum Gasteiger partial charge on any atom is -0.376 e. The molecule has 0 bridgehead atoms. The topological polar surface area (TPSA) is 73.6 Å². The van der Waals surface area contributed by atoms with E-state index >= 15 is 0 Å². The molecule has 0 spiro atoms. The molecule has 0 radical (unpaired) electrons. The third kappa shape index (κ3) is 5.09. The molecular weight excluding hydrogens is 244 g/mol. The first-order chi connectivity index (χ1) is 9.00. The second kappa shape index (κ2) is 7.82. The fourth-order valence-corrected chi connectivity index (χ4v) is 2.67. The third-order valence-electron chi connectivity index (χ3n) is 3.58. The van der Waals surface area contributed by atoms with Gasteiger partial charge in [-0.3, -0.25) is 4.79 Å². The van der Waals surface area contributed by atoms with E-state index in [4.69, 9.17) is 15.2 Å². The lowest BCUT2D eigenvalue weighted by atomic mass is 9.79. The number of amides is 1. The summed E-state index contributed by atoms with van der Waals surface area (Å²) in [6.45, 7) is 7.91. The van der Waals surface area contributed by atoms with Crippen molar-refractivity contribution >= 4 is 5.91 Å². The first kappa shape index (κ1) is 16.4. The fourth-order valence-electron chi connectivity index (χ4n) is 2.67. The van der Waals surface area contributed by atoms with Gasteiger partial charge in [-0.05, 0) is 39.7 Å². The molecule has 0 heterocycles. The number of hydrogen-bond donors (Lipinski definition) is 2. The van der Waals surface area contributed by atoms with Gasteiger partial charge in [-0.15, -0.1) is 0 Å². The average Bonchev–Trinajstić information content (AvgIpc) is 2.35. The standard InChI is InChI=1S/C14H28N2O3/c1-4-16-14(13(15)17)7-5-6-12(10-14)19-9-8-18-11(2)3/h11-12,16H,4-10H2,1-3H3,(H2,15,17). The maximum absolute atomic E-state index is 11.7. The highest BCUT2D eigenvalue weighted by atomic mass is 16.5. The van der Waals surface area contributed by atoms with Gasteiger partial charge in [-0.25, -0.2) is 0 Å². The van der Waals surface area contributed by atoms with Gasteiger partial charge in [0.2, 0.25) is 5.91 Å². The Morgan fingerprint density at radius 1 is 1.47 bits per heavy atom. The highest BCUT2D eigenvalue weighted by Crippen LogP contribution is 2.30. The molecule has 5 heteroatoms. The van der Waals surface area contributed by atoms with Gasteiger partial charge in [0.25, 0.3) is 0 Å². The van der Waals surface area contributed by atoms with Gasteiger partial charge < -0.3 is 20.5 Å². The lowest BCUT2D eigenvalue weighted by Crippen LogP contribution is -2.58. The predicted octanol–water partition coefficient (Wildman–Crippen LogP) is 1.20. The number of carbonyl (C=O) groups excluding carboxylic acids is 1. The van der Waals surface area contributed by atoms with Crippen LogP contribution in [0.1, 0.15) is 46.5 Å². The largest absolute Gasteiger partial charge is 0.376 e. The molecule has 0 aliphatic heterocycles. The Labute approximate surface area is 116 Å². The Bertz CT molecular complexity index is 280. The van der Waals surface area contributed by atoms with Crippen molar-refractivity contribution < 1.29 is 14.3 Å². The number of carbonyl (C=O) groups is 1. The molecule has 5 nitrogen and oxygen atoms in total. The number of ether oxygens (including phenoxy) is 2. The molecule has 2 atom stereocenters. The van der Waals surface area contributed by atoms with Crippen LogP contribution >= 0.6 is 0 Å². The molecule has 1 fully saturated rings.